The average Bonchev–Trinajstić information content (AvgIpc) is 2.75. The molecule has 8 nitrogen and oxygen atoms in total. The maximum absolute atomic E-state index is 12.8. The van der Waals surface area contributed by atoms with E-state index in [1.54, 1.807) is 30.3 Å². The first-order valence-electron chi connectivity index (χ1n) is 9.12. The van der Waals surface area contributed by atoms with Crippen molar-refractivity contribution in [1.29, 1.82) is 0 Å². The number of amides is 1. The number of hydrogen-bond donors (Lipinski definition) is 2. The quantitative estimate of drug-likeness (QED) is 0.595. The smallest absolute Gasteiger partial charge is 0.416 e. The molecule has 0 unspecified atom stereocenters. The number of carbonyl (C=O) groups is 2. The summed E-state index contributed by atoms with van der Waals surface area (Å²) in [7, 11) is 0. The molecule has 0 bridgehead atoms. The summed E-state index contributed by atoms with van der Waals surface area (Å²) >= 11 is 0. The van der Waals surface area contributed by atoms with Crippen LogP contribution in [0.15, 0.2) is 65.6 Å². The highest BCUT2D eigenvalue weighted by molar-refractivity contribution is 5.84. The summed E-state index contributed by atoms with van der Waals surface area (Å²) in [6.45, 7) is -0.885. The number of aromatic nitrogens is 2. The molecule has 0 fully saturated rings. The van der Waals surface area contributed by atoms with Gasteiger partial charge in [0.2, 0.25) is 0 Å². The number of carbonyl (C=O) groups excluding carboxylic acids is 1. The fourth-order valence-electron chi connectivity index (χ4n) is 2.77. The highest BCUT2D eigenvalue weighted by atomic mass is 19.4. The molecule has 3 aromatic rings. The van der Waals surface area contributed by atoms with E-state index >= 15 is 0 Å². The van der Waals surface area contributed by atoms with E-state index in [0.717, 1.165) is 35.0 Å². The Morgan fingerprint density at radius 3 is 2.31 bits per heavy atom. The fraction of sp³-hybridized carbons (Fsp3) is 0.143. The molecular weight excluding hydrogens is 431 g/mol. The Morgan fingerprint density at radius 1 is 1.06 bits per heavy atom. The van der Waals surface area contributed by atoms with Crippen molar-refractivity contribution in [3.8, 4) is 11.4 Å². The van der Waals surface area contributed by atoms with Crippen LogP contribution in [-0.2, 0) is 28.9 Å². The maximum atomic E-state index is 12.8. The van der Waals surface area contributed by atoms with Crippen molar-refractivity contribution in [3.63, 3.8) is 0 Å². The second-order valence-electron chi connectivity index (χ2n) is 6.54. The molecule has 0 saturated carbocycles. The Kier molecular flexibility index (Phi) is 6.57. The number of anilines is 1. The number of rotatable bonds is 6. The molecule has 11 heteroatoms. The number of benzene rings is 2. The van der Waals surface area contributed by atoms with Crippen LogP contribution in [0.5, 0.6) is 0 Å². The number of nitrogens with one attached hydrogen (secondary N) is 1. The summed E-state index contributed by atoms with van der Waals surface area (Å²) in [6.07, 6.45) is -4.53. The van der Waals surface area contributed by atoms with Crippen LogP contribution in [0.25, 0.3) is 11.4 Å². The lowest BCUT2D eigenvalue weighted by Gasteiger charge is -2.13. The number of nitrogens with zero attached hydrogens (tertiary/aromatic N) is 2. The third-order valence-electron chi connectivity index (χ3n) is 4.26. The van der Waals surface area contributed by atoms with Gasteiger partial charge in [-0.15, -0.1) is 0 Å². The third kappa shape index (κ3) is 5.50. The Bertz CT molecular complexity index is 1180. The molecule has 0 spiro atoms. The predicted octanol–water partition coefficient (Wildman–Crippen LogP) is 3.76. The molecule has 3 rings (SSSR count). The average molecular weight is 447 g/mol. The molecule has 2 N–H and O–H groups in total. The lowest BCUT2D eigenvalue weighted by molar-refractivity contribution is -0.138. The first-order valence-corrected chi connectivity index (χ1v) is 9.12. The minimum absolute atomic E-state index is 0.0624. The third-order valence-corrected chi connectivity index (χ3v) is 4.26. The van der Waals surface area contributed by atoms with Gasteiger partial charge in [0.05, 0.1) is 11.8 Å². The molecule has 166 valence electrons. The monoisotopic (exact) mass is 447 g/mol. The molecule has 0 radical (unpaired) electrons. The van der Waals surface area contributed by atoms with Crippen molar-refractivity contribution in [3.05, 3.63) is 82.3 Å². The number of alkyl halides is 3. The molecule has 0 saturated heterocycles. The van der Waals surface area contributed by atoms with Gasteiger partial charge in [-0.05, 0) is 17.7 Å². The Balaban J connectivity index is 1.86. The van der Waals surface area contributed by atoms with Crippen molar-refractivity contribution < 1.29 is 32.6 Å². The molecule has 1 amide bonds. The fourth-order valence-corrected chi connectivity index (χ4v) is 2.77. The van der Waals surface area contributed by atoms with Gasteiger partial charge in [0.25, 0.3) is 5.56 Å². The minimum atomic E-state index is -4.55. The molecule has 32 heavy (non-hydrogen) atoms. The molecule has 1 aromatic heterocycles. The number of ether oxygens (including phenoxy) is 1. The van der Waals surface area contributed by atoms with Crippen molar-refractivity contribution in [2.75, 3.05) is 5.32 Å². The largest absolute Gasteiger partial charge is 0.480 e. The SMILES string of the molecule is O=C(O)Cn1c(-c2ccc(C(F)(F)F)cc2)ncc(NC(=O)OCc2ccccc2)c1=O. The van der Waals surface area contributed by atoms with Crippen molar-refractivity contribution in [2.45, 2.75) is 19.3 Å². The van der Waals surface area contributed by atoms with Crippen LogP contribution in [0.2, 0.25) is 0 Å². The minimum Gasteiger partial charge on any atom is -0.480 e. The number of aliphatic carboxylic acids is 1. The summed E-state index contributed by atoms with van der Waals surface area (Å²) in [5.74, 6) is -1.56. The van der Waals surface area contributed by atoms with Crippen molar-refractivity contribution >= 4 is 17.7 Å². The van der Waals surface area contributed by atoms with E-state index in [-0.39, 0.29) is 23.7 Å². The zero-order valence-electron chi connectivity index (χ0n) is 16.3. The van der Waals surface area contributed by atoms with Crippen LogP contribution in [-0.4, -0.2) is 26.7 Å². The van der Waals surface area contributed by atoms with Gasteiger partial charge in [0, 0.05) is 5.56 Å². The number of carboxylic acid groups (broad SMARTS) is 1. The van der Waals surface area contributed by atoms with Gasteiger partial charge in [-0.2, -0.15) is 13.2 Å². The van der Waals surface area contributed by atoms with E-state index < -0.39 is 35.9 Å². The number of halogens is 3. The van der Waals surface area contributed by atoms with Gasteiger partial charge in [0.15, 0.2) is 0 Å². The Hall–Kier alpha value is -4.15. The summed E-state index contributed by atoms with van der Waals surface area (Å²) in [5, 5.41) is 11.4. The topological polar surface area (TPSA) is 111 Å². The highest BCUT2D eigenvalue weighted by Crippen LogP contribution is 2.30. The number of hydrogen-bond acceptors (Lipinski definition) is 5. The molecule has 0 aliphatic heterocycles. The van der Waals surface area contributed by atoms with Crippen LogP contribution >= 0.6 is 0 Å². The number of carboxylic acids is 1. The van der Waals surface area contributed by atoms with Crippen LogP contribution in [0.1, 0.15) is 11.1 Å². The van der Waals surface area contributed by atoms with E-state index in [1.807, 2.05) is 0 Å². The maximum Gasteiger partial charge on any atom is 0.416 e. The first kappa shape index (κ1) is 22.5. The van der Waals surface area contributed by atoms with Crippen LogP contribution < -0.4 is 10.9 Å². The zero-order chi connectivity index (χ0) is 23.3. The zero-order valence-corrected chi connectivity index (χ0v) is 16.3. The summed E-state index contributed by atoms with van der Waals surface area (Å²) < 4.78 is 44.1. The van der Waals surface area contributed by atoms with Gasteiger partial charge in [-0.3, -0.25) is 19.5 Å². The summed E-state index contributed by atoms with van der Waals surface area (Å²) in [6, 6.07) is 12.5. The summed E-state index contributed by atoms with van der Waals surface area (Å²) in [4.78, 5) is 40.0. The molecular formula is C21H16F3N3O5. The molecule has 2 aromatic carbocycles. The van der Waals surface area contributed by atoms with E-state index in [9.17, 15) is 27.6 Å². The first-order chi connectivity index (χ1) is 15.1. The standard InChI is InChI=1S/C21H16F3N3O5/c22-21(23,24)15-8-6-14(7-9-15)18-25-10-16(19(30)27(18)11-17(28)29)26-20(31)32-12-13-4-2-1-3-5-13/h1-10H,11-12H2,(H,26,31)(H,28,29). The van der Waals surface area contributed by atoms with Crippen molar-refractivity contribution in [1.82, 2.24) is 9.55 Å². The summed E-state index contributed by atoms with van der Waals surface area (Å²) in [5.41, 5.74) is -1.36. The molecule has 1 heterocycles. The van der Waals surface area contributed by atoms with E-state index in [4.69, 9.17) is 9.84 Å². The van der Waals surface area contributed by atoms with E-state index in [0.29, 0.717) is 5.56 Å². The Morgan fingerprint density at radius 2 is 1.72 bits per heavy atom. The Labute approximate surface area is 178 Å². The van der Waals surface area contributed by atoms with Crippen LogP contribution in [0.3, 0.4) is 0 Å². The highest BCUT2D eigenvalue weighted by Gasteiger charge is 2.30. The molecule has 0 aliphatic rings. The van der Waals surface area contributed by atoms with E-state index in [1.165, 1.54) is 0 Å². The molecule has 0 atom stereocenters. The van der Waals surface area contributed by atoms with Crippen LogP contribution in [0.4, 0.5) is 23.7 Å². The second kappa shape index (κ2) is 9.33. The normalized spacial score (nSPS) is 11.1. The van der Waals surface area contributed by atoms with Crippen molar-refractivity contribution in [2.24, 2.45) is 0 Å². The van der Waals surface area contributed by atoms with Gasteiger partial charge < -0.3 is 9.84 Å². The van der Waals surface area contributed by atoms with Gasteiger partial charge >= 0.3 is 18.2 Å². The lowest BCUT2D eigenvalue weighted by atomic mass is 10.1. The predicted molar refractivity (Wildman–Crippen MR) is 107 cm³/mol. The van der Waals surface area contributed by atoms with E-state index in [2.05, 4.69) is 10.3 Å². The van der Waals surface area contributed by atoms with Gasteiger partial charge in [-0.1, -0.05) is 42.5 Å². The second-order valence-corrected chi connectivity index (χ2v) is 6.54. The van der Waals surface area contributed by atoms with Gasteiger partial charge in [0.1, 0.15) is 24.7 Å². The molecule has 0 aliphatic carbocycles. The lowest BCUT2D eigenvalue weighted by Crippen LogP contribution is -2.30. The van der Waals surface area contributed by atoms with Crippen LogP contribution in [0, 0.1) is 0 Å². The van der Waals surface area contributed by atoms with Gasteiger partial charge in [-0.25, -0.2) is 9.78 Å².